The molecule has 1 aliphatic rings. The molecule has 2 aromatic rings. The van der Waals surface area contributed by atoms with Crippen LogP contribution in [0, 0.1) is 5.82 Å². The Hall–Kier alpha value is -2.16. The van der Waals surface area contributed by atoms with Gasteiger partial charge in [-0.2, -0.15) is 0 Å². The highest BCUT2D eigenvalue weighted by atomic mass is 19.1. The number of benzene rings is 2. The van der Waals surface area contributed by atoms with Crippen molar-refractivity contribution in [3.63, 3.8) is 0 Å². The second kappa shape index (κ2) is 5.45. The normalized spacial score (nSPS) is 14.6. The van der Waals surface area contributed by atoms with Crippen molar-refractivity contribution in [2.75, 3.05) is 13.1 Å². The molecule has 2 nitrogen and oxygen atoms in total. The van der Waals surface area contributed by atoms with Gasteiger partial charge in [-0.25, -0.2) is 4.39 Å². The summed E-state index contributed by atoms with van der Waals surface area (Å²) in [4.78, 5) is 14.3. The Morgan fingerprint density at radius 2 is 1.45 bits per heavy atom. The molecule has 0 radical (unpaired) electrons. The molecule has 0 bridgehead atoms. The minimum absolute atomic E-state index is 0.0159. The summed E-state index contributed by atoms with van der Waals surface area (Å²) >= 11 is 0. The predicted octanol–water partition coefficient (Wildman–Crippen LogP) is 3.07. The minimum atomic E-state index is -0.315. The van der Waals surface area contributed by atoms with Gasteiger partial charge in [0.05, 0.1) is 0 Å². The fourth-order valence-electron chi connectivity index (χ4n) is 2.65. The van der Waals surface area contributed by atoms with Crippen LogP contribution in [0.2, 0.25) is 0 Å². The van der Waals surface area contributed by atoms with E-state index in [4.69, 9.17) is 0 Å². The SMILES string of the molecule is O=C(c1ccc(F)cc1)N1CCc2ccccc2CC1. The zero-order valence-electron chi connectivity index (χ0n) is 11.2. The molecule has 0 saturated carbocycles. The zero-order chi connectivity index (χ0) is 13.9. The molecule has 0 aromatic heterocycles. The van der Waals surface area contributed by atoms with Crippen LogP contribution in [0.15, 0.2) is 48.5 Å². The Kier molecular flexibility index (Phi) is 3.50. The van der Waals surface area contributed by atoms with Crippen LogP contribution < -0.4 is 0 Å². The van der Waals surface area contributed by atoms with Gasteiger partial charge in [0.1, 0.15) is 5.82 Å². The van der Waals surface area contributed by atoms with E-state index in [0.717, 1.165) is 12.8 Å². The molecule has 1 heterocycles. The summed E-state index contributed by atoms with van der Waals surface area (Å²) in [5.74, 6) is -0.331. The number of amides is 1. The first-order valence-corrected chi connectivity index (χ1v) is 6.85. The van der Waals surface area contributed by atoms with Crippen LogP contribution in [0.3, 0.4) is 0 Å². The Morgan fingerprint density at radius 1 is 0.900 bits per heavy atom. The van der Waals surface area contributed by atoms with Gasteiger partial charge in [-0.1, -0.05) is 24.3 Å². The summed E-state index contributed by atoms with van der Waals surface area (Å²) in [6, 6.07) is 14.1. The predicted molar refractivity (Wildman–Crippen MR) is 76.2 cm³/mol. The van der Waals surface area contributed by atoms with Crippen LogP contribution in [0.4, 0.5) is 4.39 Å². The molecule has 0 saturated heterocycles. The molecule has 1 aliphatic heterocycles. The van der Waals surface area contributed by atoms with Crippen molar-refractivity contribution >= 4 is 5.91 Å². The highest BCUT2D eigenvalue weighted by Crippen LogP contribution is 2.17. The van der Waals surface area contributed by atoms with Gasteiger partial charge < -0.3 is 4.90 Å². The zero-order valence-corrected chi connectivity index (χ0v) is 11.2. The molecular weight excluding hydrogens is 253 g/mol. The molecule has 0 unspecified atom stereocenters. The number of carbonyl (C=O) groups excluding carboxylic acids is 1. The Labute approximate surface area is 117 Å². The smallest absolute Gasteiger partial charge is 0.253 e. The molecule has 3 heteroatoms. The van der Waals surface area contributed by atoms with Crippen molar-refractivity contribution in [1.82, 2.24) is 4.90 Å². The maximum atomic E-state index is 12.9. The number of rotatable bonds is 1. The summed E-state index contributed by atoms with van der Waals surface area (Å²) in [6.07, 6.45) is 1.76. The van der Waals surface area contributed by atoms with Crippen LogP contribution >= 0.6 is 0 Å². The van der Waals surface area contributed by atoms with Gasteiger partial charge in [0.25, 0.3) is 5.91 Å². The third-order valence-corrected chi connectivity index (χ3v) is 3.80. The second-order valence-electron chi connectivity index (χ2n) is 5.07. The van der Waals surface area contributed by atoms with E-state index in [-0.39, 0.29) is 11.7 Å². The summed E-state index contributed by atoms with van der Waals surface area (Å²) in [7, 11) is 0. The van der Waals surface area contributed by atoms with Crippen LogP contribution in [-0.4, -0.2) is 23.9 Å². The first kappa shape index (κ1) is 12.9. The Morgan fingerprint density at radius 3 is 2.00 bits per heavy atom. The van der Waals surface area contributed by atoms with Crippen LogP contribution in [0.25, 0.3) is 0 Å². The molecule has 20 heavy (non-hydrogen) atoms. The average Bonchev–Trinajstić information content (AvgIpc) is 2.70. The third-order valence-electron chi connectivity index (χ3n) is 3.80. The first-order chi connectivity index (χ1) is 9.74. The number of nitrogens with zero attached hydrogens (tertiary/aromatic N) is 1. The molecule has 1 amide bonds. The quantitative estimate of drug-likeness (QED) is 0.779. The number of halogens is 1. The molecule has 0 aliphatic carbocycles. The molecule has 0 fully saturated rings. The molecule has 2 aromatic carbocycles. The van der Waals surface area contributed by atoms with Crippen LogP contribution in [0.1, 0.15) is 21.5 Å². The molecule has 102 valence electrons. The summed E-state index contributed by atoms with van der Waals surface area (Å²) in [5, 5.41) is 0. The number of fused-ring (bicyclic) bond motifs is 1. The lowest BCUT2D eigenvalue weighted by atomic mass is 10.0. The summed E-state index contributed by atoms with van der Waals surface area (Å²) < 4.78 is 12.9. The van der Waals surface area contributed by atoms with Gasteiger partial charge >= 0.3 is 0 Å². The van der Waals surface area contributed by atoms with Crippen molar-refractivity contribution in [2.45, 2.75) is 12.8 Å². The molecule has 3 rings (SSSR count). The van der Waals surface area contributed by atoms with Gasteiger partial charge in [-0.15, -0.1) is 0 Å². The topological polar surface area (TPSA) is 20.3 Å². The standard InChI is InChI=1S/C17H16FNO/c18-16-7-5-15(6-8-16)17(20)19-11-9-13-3-1-2-4-14(13)10-12-19/h1-8H,9-12H2. The van der Waals surface area contributed by atoms with E-state index < -0.39 is 0 Å². The number of hydrogen-bond donors (Lipinski definition) is 0. The van der Waals surface area contributed by atoms with Crippen molar-refractivity contribution in [3.8, 4) is 0 Å². The maximum absolute atomic E-state index is 12.9. The fraction of sp³-hybridized carbons (Fsp3) is 0.235. The van der Waals surface area contributed by atoms with Crippen molar-refractivity contribution in [3.05, 3.63) is 71.0 Å². The van der Waals surface area contributed by atoms with E-state index >= 15 is 0 Å². The Bertz CT molecular complexity index is 594. The fourth-order valence-corrected chi connectivity index (χ4v) is 2.65. The molecule has 0 N–H and O–H groups in total. The number of carbonyl (C=O) groups is 1. The summed E-state index contributed by atoms with van der Waals surface area (Å²) in [6.45, 7) is 1.43. The average molecular weight is 269 g/mol. The third kappa shape index (κ3) is 2.57. The lowest BCUT2D eigenvalue weighted by Gasteiger charge is -2.20. The summed E-state index contributed by atoms with van der Waals surface area (Å²) in [5.41, 5.74) is 3.20. The second-order valence-corrected chi connectivity index (χ2v) is 5.07. The van der Waals surface area contributed by atoms with E-state index in [1.54, 1.807) is 12.1 Å². The van der Waals surface area contributed by atoms with Crippen molar-refractivity contribution < 1.29 is 9.18 Å². The van der Waals surface area contributed by atoms with Gasteiger partial charge in [0, 0.05) is 18.7 Å². The van der Waals surface area contributed by atoms with E-state index in [9.17, 15) is 9.18 Å². The van der Waals surface area contributed by atoms with Crippen molar-refractivity contribution in [2.24, 2.45) is 0 Å². The molecule has 0 spiro atoms. The van der Waals surface area contributed by atoms with E-state index in [0.29, 0.717) is 18.7 Å². The van der Waals surface area contributed by atoms with Crippen LogP contribution in [0.5, 0.6) is 0 Å². The Balaban J connectivity index is 1.76. The lowest BCUT2D eigenvalue weighted by Crippen LogP contribution is -2.33. The van der Waals surface area contributed by atoms with Crippen molar-refractivity contribution in [1.29, 1.82) is 0 Å². The molecule has 0 atom stereocenters. The number of hydrogen-bond acceptors (Lipinski definition) is 1. The minimum Gasteiger partial charge on any atom is -0.338 e. The highest BCUT2D eigenvalue weighted by Gasteiger charge is 2.19. The lowest BCUT2D eigenvalue weighted by molar-refractivity contribution is 0.0763. The van der Waals surface area contributed by atoms with Gasteiger partial charge in [0.15, 0.2) is 0 Å². The molecular formula is C17H16FNO. The maximum Gasteiger partial charge on any atom is 0.253 e. The highest BCUT2D eigenvalue weighted by molar-refractivity contribution is 5.94. The van der Waals surface area contributed by atoms with E-state index in [1.165, 1.54) is 23.3 Å². The van der Waals surface area contributed by atoms with E-state index in [1.807, 2.05) is 17.0 Å². The largest absolute Gasteiger partial charge is 0.338 e. The van der Waals surface area contributed by atoms with E-state index in [2.05, 4.69) is 12.1 Å². The monoisotopic (exact) mass is 269 g/mol. The van der Waals surface area contributed by atoms with Gasteiger partial charge in [0.2, 0.25) is 0 Å². The first-order valence-electron chi connectivity index (χ1n) is 6.85. The van der Waals surface area contributed by atoms with Gasteiger partial charge in [-0.05, 0) is 48.2 Å². The van der Waals surface area contributed by atoms with Crippen LogP contribution in [-0.2, 0) is 12.8 Å². The van der Waals surface area contributed by atoms with Gasteiger partial charge in [-0.3, -0.25) is 4.79 Å².